The summed E-state index contributed by atoms with van der Waals surface area (Å²) >= 11 is 0. The second kappa shape index (κ2) is 10.7. The molecule has 8 heteroatoms. The third-order valence-corrected chi connectivity index (χ3v) is 8.55. The third-order valence-electron chi connectivity index (χ3n) is 8.55. The number of hydrogen-bond acceptors (Lipinski definition) is 6. The van der Waals surface area contributed by atoms with Crippen molar-refractivity contribution in [3.63, 3.8) is 0 Å². The Morgan fingerprint density at radius 3 is 2.52 bits per heavy atom. The molecule has 3 heterocycles. The van der Waals surface area contributed by atoms with Crippen LogP contribution in [0, 0.1) is 5.92 Å². The van der Waals surface area contributed by atoms with E-state index in [-0.39, 0.29) is 12.2 Å². The molecule has 208 valence electrons. The quantitative estimate of drug-likeness (QED) is 0.247. The lowest BCUT2D eigenvalue weighted by molar-refractivity contribution is 0.0256. The predicted molar refractivity (Wildman–Crippen MR) is 153 cm³/mol. The molecule has 1 saturated heterocycles. The highest BCUT2D eigenvalue weighted by molar-refractivity contribution is 6.04. The number of aromatic nitrogens is 2. The van der Waals surface area contributed by atoms with Gasteiger partial charge in [0.1, 0.15) is 18.0 Å². The van der Waals surface area contributed by atoms with Crippen LogP contribution in [0.3, 0.4) is 0 Å². The van der Waals surface area contributed by atoms with Crippen molar-refractivity contribution < 1.29 is 23.4 Å². The van der Waals surface area contributed by atoms with Gasteiger partial charge in [-0.25, -0.2) is 9.78 Å². The first kappa shape index (κ1) is 25.2. The maximum absolute atomic E-state index is 12.4. The summed E-state index contributed by atoms with van der Waals surface area (Å²) in [5.41, 5.74) is 5.00. The molecule has 3 aliphatic rings. The van der Waals surface area contributed by atoms with Gasteiger partial charge in [-0.3, -0.25) is 5.32 Å². The monoisotopic (exact) mass is 541 g/mol. The molecule has 0 radical (unpaired) electrons. The van der Waals surface area contributed by atoms with Gasteiger partial charge in [-0.1, -0.05) is 12.1 Å². The van der Waals surface area contributed by atoms with Crippen LogP contribution in [0.15, 0.2) is 59.5 Å². The highest BCUT2D eigenvalue weighted by Crippen LogP contribution is 2.47. The van der Waals surface area contributed by atoms with Crippen molar-refractivity contribution in [3.8, 4) is 28.3 Å². The number of fused-ring (bicyclic) bond motifs is 1. The summed E-state index contributed by atoms with van der Waals surface area (Å²) in [6.07, 6.45) is 10.5. The number of nitrogens with zero attached hydrogens (tertiary/aromatic N) is 2. The van der Waals surface area contributed by atoms with E-state index in [1.807, 2.05) is 19.1 Å². The Kier molecular flexibility index (Phi) is 6.71. The Morgan fingerprint density at radius 1 is 1.05 bits per heavy atom. The minimum Gasteiger partial charge on any atom is -0.490 e. The van der Waals surface area contributed by atoms with Crippen molar-refractivity contribution in [2.45, 2.75) is 70.1 Å². The van der Waals surface area contributed by atoms with E-state index >= 15 is 0 Å². The fourth-order valence-electron chi connectivity index (χ4n) is 5.94. The highest BCUT2D eigenvalue weighted by atomic mass is 16.6. The van der Waals surface area contributed by atoms with Crippen molar-refractivity contribution in [1.82, 2.24) is 9.55 Å². The summed E-state index contributed by atoms with van der Waals surface area (Å²) in [7, 11) is 0. The van der Waals surface area contributed by atoms with Crippen LogP contribution >= 0.6 is 0 Å². The van der Waals surface area contributed by atoms with E-state index in [2.05, 4.69) is 45.2 Å². The molecule has 0 spiro atoms. The van der Waals surface area contributed by atoms with E-state index in [0.717, 1.165) is 91.0 Å². The predicted octanol–water partition coefficient (Wildman–Crippen LogP) is 7.59. The van der Waals surface area contributed by atoms with E-state index in [1.54, 1.807) is 6.20 Å². The summed E-state index contributed by atoms with van der Waals surface area (Å²) in [5.74, 6) is 2.11. The Labute approximate surface area is 233 Å². The van der Waals surface area contributed by atoms with Crippen LogP contribution in [0.5, 0.6) is 5.75 Å². The van der Waals surface area contributed by atoms with Crippen molar-refractivity contribution in [2.24, 2.45) is 5.92 Å². The second-order valence-electron chi connectivity index (χ2n) is 11.3. The number of amides is 1. The molecule has 7 rings (SSSR count). The maximum Gasteiger partial charge on any atom is 0.411 e. The standard InChI is InChI=1S/C32H35N3O5/c1-20(21-5-6-21)39-32(36)34-23-9-7-22(8-10-23)31-30(29-18-33-19-38-29)27-12-11-26(40-25-13-15-37-16-14-25)17-28(27)35(31)24-3-2-4-24/h7-12,17-21,24-25H,2-6,13-16H2,1H3,(H,34,36). The number of hydrogen-bond donors (Lipinski definition) is 1. The van der Waals surface area contributed by atoms with Crippen LogP contribution in [0.2, 0.25) is 0 Å². The Bertz CT molecular complexity index is 1480. The van der Waals surface area contributed by atoms with E-state index in [4.69, 9.17) is 18.6 Å². The van der Waals surface area contributed by atoms with Crippen LogP contribution in [-0.4, -0.2) is 41.1 Å². The van der Waals surface area contributed by atoms with Gasteiger partial charge in [0.2, 0.25) is 0 Å². The van der Waals surface area contributed by atoms with E-state index in [1.165, 1.54) is 12.8 Å². The van der Waals surface area contributed by atoms with Gasteiger partial charge in [0.15, 0.2) is 12.2 Å². The number of ether oxygens (including phenoxy) is 3. The smallest absolute Gasteiger partial charge is 0.411 e. The van der Waals surface area contributed by atoms with Crippen LogP contribution < -0.4 is 10.1 Å². The molecule has 3 fully saturated rings. The van der Waals surface area contributed by atoms with E-state index < -0.39 is 6.09 Å². The molecule has 2 aromatic carbocycles. The van der Waals surface area contributed by atoms with Gasteiger partial charge in [0.05, 0.1) is 36.2 Å². The van der Waals surface area contributed by atoms with Gasteiger partial charge in [-0.15, -0.1) is 0 Å². The largest absolute Gasteiger partial charge is 0.490 e. The third kappa shape index (κ3) is 4.96. The molecule has 40 heavy (non-hydrogen) atoms. The van der Waals surface area contributed by atoms with Crippen molar-refractivity contribution in [3.05, 3.63) is 55.1 Å². The molecule has 1 atom stereocenters. The number of anilines is 1. The average molecular weight is 542 g/mol. The fourth-order valence-corrected chi connectivity index (χ4v) is 5.94. The maximum atomic E-state index is 12.4. The Balaban J connectivity index is 1.26. The first-order valence-electron chi connectivity index (χ1n) is 14.5. The van der Waals surface area contributed by atoms with E-state index in [0.29, 0.717) is 17.6 Å². The molecule has 1 N–H and O–H groups in total. The molecule has 2 saturated carbocycles. The number of benzene rings is 2. The van der Waals surface area contributed by atoms with Gasteiger partial charge < -0.3 is 23.2 Å². The van der Waals surface area contributed by atoms with Crippen molar-refractivity contribution in [2.75, 3.05) is 18.5 Å². The molecule has 0 bridgehead atoms. The molecule has 1 unspecified atom stereocenters. The zero-order valence-corrected chi connectivity index (χ0v) is 22.8. The first-order chi connectivity index (χ1) is 19.6. The summed E-state index contributed by atoms with van der Waals surface area (Å²) in [6, 6.07) is 14.8. The van der Waals surface area contributed by atoms with Crippen molar-refractivity contribution >= 4 is 22.7 Å². The lowest BCUT2D eigenvalue weighted by Crippen LogP contribution is -2.25. The molecule has 2 aromatic heterocycles. The first-order valence-corrected chi connectivity index (χ1v) is 14.5. The zero-order valence-electron chi connectivity index (χ0n) is 22.8. The normalized spacial score (nSPS) is 18.8. The molecule has 1 amide bonds. The number of nitrogens with one attached hydrogen (secondary N) is 1. The lowest BCUT2D eigenvalue weighted by Gasteiger charge is -2.30. The number of oxazole rings is 1. The van der Waals surface area contributed by atoms with Crippen molar-refractivity contribution in [1.29, 1.82) is 0 Å². The number of carbonyl (C=O) groups is 1. The summed E-state index contributed by atoms with van der Waals surface area (Å²) in [6.45, 7) is 3.45. The summed E-state index contributed by atoms with van der Waals surface area (Å²) < 4.78 is 25.8. The average Bonchev–Trinajstić information content (AvgIpc) is 3.56. The van der Waals surface area contributed by atoms with Crippen LogP contribution in [-0.2, 0) is 9.47 Å². The van der Waals surface area contributed by atoms with Crippen LogP contribution in [0.25, 0.3) is 33.5 Å². The molecule has 2 aliphatic carbocycles. The SMILES string of the molecule is CC(OC(=O)Nc1ccc(-c2c(-c3cnco3)c3ccc(OC4CCOCC4)cc3n2C2CCC2)cc1)C1CC1. The van der Waals surface area contributed by atoms with Gasteiger partial charge in [-0.2, -0.15) is 0 Å². The minimum atomic E-state index is -0.407. The highest BCUT2D eigenvalue weighted by Gasteiger charge is 2.31. The van der Waals surface area contributed by atoms with Gasteiger partial charge >= 0.3 is 6.09 Å². The van der Waals surface area contributed by atoms with Gasteiger partial charge in [-0.05, 0) is 74.8 Å². The Morgan fingerprint density at radius 2 is 1.85 bits per heavy atom. The molecule has 1 aliphatic heterocycles. The fraction of sp³-hybridized carbons (Fsp3) is 0.438. The molecule has 4 aromatic rings. The van der Waals surface area contributed by atoms with Gasteiger partial charge in [0.25, 0.3) is 0 Å². The molecule has 8 nitrogen and oxygen atoms in total. The van der Waals surface area contributed by atoms with Crippen LogP contribution in [0.4, 0.5) is 10.5 Å². The number of carbonyl (C=O) groups excluding carboxylic acids is 1. The zero-order chi connectivity index (χ0) is 27.1. The molecular weight excluding hydrogens is 506 g/mol. The number of rotatable bonds is 8. The second-order valence-corrected chi connectivity index (χ2v) is 11.3. The topological polar surface area (TPSA) is 87.8 Å². The van der Waals surface area contributed by atoms with Crippen LogP contribution in [0.1, 0.15) is 57.9 Å². The summed E-state index contributed by atoms with van der Waals surface area (Å²) in [5, 5.41) is 4.00. The minimum absolute atomic E-state index is 0.0535. The Hall–Kier alpha value is -3.78. The lowest BCUT2D eigenvalue weighted by atomic mass is 9.92. The molecular formula is C32H35N3O5. The van der Waals surface area contributed by atoms with E-state index in [9.17, 15) is 4.79 Å². The van der Waals surface area contributed by atoms with Gasteiger partial charge in [0, 0.05) is 36.0 Å². The summed E-state index contributed by atoms with van der Waals surface area (Å²) in [4.78, 5) is 16.7.